The number of para-hydroxylation sites is 1. The number of hydrogen-bond donors (Lipinski definition) is 2. The Balaban J connectivity index is 1.44. The smallest absolute Gasteiger partial charge is 0.320 e. The highest BCUT2D eigenvalue weighted by Gasteiger charge is 2.31. The van der Waals surface area contributed by atoms with Crippen LogP contribution in [0.3, 0.4) is 0 Å². The normalized spacial score (nSPS) is 17.5. The van der Waals surface area contributed by atoms with Crippen molar-refractivity contribution in [3.8, 4) is 5.69 Å². The van der Waals surface area contributed by atoms with Gasteiger partial charge in [-0.1, -0.05) is 18.2 Å². The number of benzene rings is 1. The van der Waals surface area contributed by atoms with E-state index in [-0.39, 0.29) is 12.5 Å². The number of nitrogens with one attached hydrogen (secondary N) is 1. The molecule has 7 nitrogen and oxygen atoms in total. The van der Waals surface area contributed by atoms with Crippen molar-refractivity contribution in [3.63, 3.8) is 0 Å². The lowest BCUT2D eigenvalue weighted by molar-refractivity contribution is -0.142. The van der Waals surface area contributed by atoms with Crippen LogP contribution in [-0.4, -0.2) is 57.3 Å². The maximum Gasteiger partial charge on any atom is 0.320 e. The molecule has 3 rings (SSSR count). The summed E-state index contributed by atoms with van der Waals surface area (Å²) in [6.07, 6.45) is 5.85. The molecule has 0 aliphatic carbocycles. The van der Waals surface area contributed by atoms with Gasteiger partial charge in [0, 0.05) is 12.7 Å². The Hall–Kier alpha value is -2.67. The minimum absolute atomic E-state index is 0.136. The molecule has 1 fully saturated rings. The Kier molecular flexibility index (Phi) is 5.45. The lowest BCUT2D eigenvalue weighted by Crippen LogP contribution is -2.43. The van der Waals surface area contributed by atoms with Crippen molar-refractivity contribution in [1.29, 1.82) is 0 Å². The van der Waals surface area contributed by atoms with E-state index in [9.17, 15) is 9.59 Å². The topological polar surface area (TPSA) is 87.5 Å². The number of aliphatic carboxylic acids is 1. The molecule has 0 saturated carbocycles. The first kappa shape index (κ1) is 17.2. The van der Waals surface area contributed by atoms with Crippen molar-refractivity contribution in [2.75, 3.05) is 19.6 Å². The number of nitrogens with zero attached hydrogens (tertiary/aromatic N) is 3. The van der Waals surface area contributed by atoms with Crippen LogP contribution in [0.5, 0.6) is 0 Å². The first-order chi connectivity index (χ1) is 12.1. The van der Waals surface area contributed by atoms with Gasteiger partial charge < -0.3 is 10.4 Å². The number of aromatic nitrogens is 2. The summed E-state index contributed by atoms with van der Waals surface area (Å²) >= 11 is 0. The highest BCUT2D eigenvalue weighted by Crippen LogP contribution is 2.16. The van der Waals surface area contributed by atoms with Gasteiger partial charge in [-0.15, -0.1) is 0 Å². The van der Waals surface area contributed by atoms with Gasteiger partial charge in [-0.3, -0.25) is 14.5 Å². The van der Waals surface area contributed by atoms with Crippen LogP contribution in [0.4, 0.5) is 0 Å². The van der Waals surface area contributed by atoms with E-state index in [4.69, 9.17) is 5.11 Å². The SMILES string of the molecule is O=C(CN1CCC[C@H]1C(=O)O)NCCc1cnn(-c2ccccc2)c1. The van der Waals surface area contributed by atoms with Crippen LogP contribution in [0.1, 0.15) is 18.4 Å². The summed E-state index contributed by atoms with van der Waals surface area (Å²) in [5, 5.41) is 16.3. The first-order valence-electron chi connectivity index (χ1n) is 8.46. The molecule has 1 aromatic carbocycles. The summed E-state index contributed by atoms with van der Waals surface area (Å²) < 4.78 is 1.80. The number of likely N-dealkylation sites (tertiary alicyclic amines) is 1. The quantitative estimate of drug-likeness (QED) is 0.786. The van der Waals surface area contributed by atoms with Gasteiger partial charge >= 0.3 is 5.97 Å². The molecule has 25 heavy (non-hydrogen) atoms. The predicted molar refractivity (Wildman–Crippen MR) is 92.5 cm³/mol. The lowest BCUT2D eigenvalue weighted by atomic mass is 10.2. The highest BCUT2D eigenvalue weighted by molar-refractivity contribution is 5.80. The van der Waals surface area contributed by atoms with Crippen LogP contribution in [0.2, 0.25) is 0 Å². The van der Waals surface area contributed by atoms with Crippen molar-refractivity contribution in [2.24, 2.45) is 0 Å². The van der Waals surface area contributed by atoms with Gasteiger partial charge in [-0.25, -0.2) is 4.68 Å². The lowest BCUT2D eigenvalue weighted by Gasteiger charge is -2.20. The molecule has 2 N–H and O–H groups in total. The fourth-order valence-corrected chi connectivity index (χ4v) is 3.09. The van der Waals surface area contributed by atoms with Gasteiger partial charge in [-0.2, -0.15) is 5.10 Å². The number of hydrogen-bond acceptors (Lipinski definition) is 4. The van der Waals surface area contributed by atoms with E-state index in [1.165, 1.54) is 0 Å². The minimum Gasteiger partial charge on any atom is -0.480 e. The average Bonchev–Trinajstić information content (AvgIpc) is 3.25. The summed E-state index contributed by atoms with van der Waals surface area (Å²) in [6.45, 7) is 1.30. The van der Waals surface area contributed by atoms with E-state index < -0.39 is 12.0 Å². The Morgan fingerprint density at radius 3 is 2.84 bits per heavy atom. The second kappa shape index (κ2) is 7.94. The molecule has 1 amide bonds. The number of amides is 1. The van der Waals surface area contributed by atoms with Crippen LogP contribution in [-0.2, 0) is 16.0 Å². The van der Waals surface area contributed by atoms with Crippen molar-refractivity contribution in [1.82, 2.24) is 20.0 Å². The Labute approximate surface area is 146 Å². The van der Waals surface area contributed by atoms with Crippen LogP contribution >= 0.6 is 0 Å². The van der Waals surface area contributed by atoms with Gasteiger partial charge in [0.1, 0.15) is 6.04 Å². The van der Waals surface area contributed by atoms with E-state index in [1.54, 1.807) is 15.8 Å². The standard InChI is InChI=1S/C18H22N4O3/c23-17(13-21-10-4-7-16(21)18(24)25)19-9-8-14-11-20-22(12-14)15-5-2-1-3-6-15/h1-3,5-6,11-12,16H,4,7-10,13H2,(H,19,23)(H,24,25)/t16-/m0/s1. The third kappa shape index (κ3) is 4.45. The molecule has 1 aliphatic rings. The Bertz CT molecular complexity index is 729. The molecular formula is C18H22N4O3. The highest BCUT2D eigenvalue weighted by atomic mass is 16.4. The third-order valence-corrected chi connectivity index (χ3v) is 4.39. The van der Waals surface area contributed by atoms with Crippen molar-refractivity contribution in [3.05, 3.63) is 48.3 Å². The maximum absolute atomic E-state index is 12.0. The maximum atomic E-state index is 12.0. The zero-order valence-corrected chi connectivity index (χ0v) is 14.0. The van der Waals surface area contributed by atoms with Gasteiger partial charge in [-0.05, 0) is 43.5 Å². The largest absolute Gasteiger partial charge is 0.480 e. The summed E-state index contributed by atoms with van der Waals surface area (Å²) in [5.41, 5.74) is 2.03. The molecule has 0 spiro atoms. The van der Waals surface area contributed by atoms with Crippen LogP contribution in [0, 0.1) is 0 Å². The molecule has 1 atom stereocenters. The fourth-order valence-electron chi connectivity index (χ4n) is 3.09. The number of carboxylic acids is 1. The molecule has 1 aromatic heterocycles. The molecule has 132 valence electrons. The van der Waals surface area contributed by atoms with Crippen LogP contribution < -0.4 is 5.32 Å². The second-order valence-electron chi connectivity index (χ2n) is 6.20. The molecule has 0 radical (unpaired) electrons. The average molecular weight is 342 g/mol. The molecule has 1 aliphatic heterocycles. The molecule has 0 bridgehead atoms. The summed E-state index contributed by atoms with van der Waals surface area (Å²) in [4.78, 5) is 24.9. The van der Waals surface area contributed by atoms with E-state index in [1.807, 2.05) is 36.5 Å². The summed E-state index contributed by atoms with van der Waals surface area (Å²) in [6, 6.07) is 9.30. The number of carboxylic acid groups (broad SMARTS) is 1. The zero-order chi connectivity index (χ0) is 17.6. The zero-order valence-electron chi connectivity index (χ0n) is 14.0. The van der Waals surface area contributed by atoms with E-state index in [2.05, 4.69) is 10.4 Å². The van der Waals surface area contributed by atoms with Crippen LogP contribution in [0.15, 0.2) is 42.7 Å². The van der Waals surface area contributed by atoms with Gasteiger partial charge in [0.15, 0.2) is 0 Å². The fraction of sp³-hybridized carbons (Fsp3) is 0.389. The van der Waals surface area contributed by atoms with Gasteiger partial charge in [0.05, 0.1) is 18.4 Å². The van der Waals surface area contributed by atoms with Gasteiger partial charge in [0.2, 0.25) is 5.91 Å². The Morgan fingerprint density at radius 2 is 2.08 bits per heavy atom. The van der Waals surface area contributed by atoms with Gasteiger partial charge in [0.25, 0.3) is 0 Å². The first-order valence-corrected chi connectivity index (χ1v) is 8.46. The van der Waals surface area contributed by atoms with E-state index in [0.29, 0.717) is 25.9 Å². The van der Waals surface area contributed by atoms with Crippen molar-refractivity contribution in [2.45, 2.75) is 25.3 Å². The number of carbonyl (C=O) groups excluding carboxylic acids is 1. The third-order valence-electron chi connectivity index (χ3n) is 4.39. The number of carbonyl (C=O) groups is 2. The molecular weight excluding hydrogens is 320 g/mol. The second-order valence-corrected chi connectivity index (χ2v) is 6.20. The monoisotopic (exact) mass is 342 g/mol. The predicted octanol–water partition coefficient (Wildman–Crippen LogP) is 1.08. The molecule has 0 unspecified atom stereocenters. The summed E-state index contributed by atoms with van der Waals surface area (Å²) in [7, 11) is 0. The van der Waals surface area contributed by atoms with Crippen molar-refractivity contribution < 1.29 is 14.7 Å². The minimum atomic E-state index is -0.848. The number of rotatable bonds is 7. The van der Waals surface area contributed by atoms with E-state index >= 15 is 0 Å². The molecule has 2 heterocycles. The molecule has 1 saturated heterocycles. The van der Waals surface area contributed by atoms with Crippen molar-refractivity contribution >= 4 is 11.9 Å². The summed E-state index contributed by atoms with van der Waals surface area (Å²) in [5.74, 6) is -0.984. The molecule has 7 heteroatoms. The van der Waals surface area contributed by atoms with E-state index in [0.717, 1.165) is 17.7 Å². The van der Waals surface area contributed by atoms with Crippen LogP contribution in [0.25, 0.3) is 5.69 Å². The Morgan fingerprint density at radius 1 is 1.28 bits per heavy atom. The molecule has 2 aromatic rings.